The fourth-order valence-electron chi connectivity index (χ4n) is 2.86. The summed E-state index contributed by atoms with van der Waals surface area (Å²) in [6, 6.07) is 12.8. The molecule has 0 spiro atoms. The van der Waals surface area contributed by atoms with Crippen LogP contribution in [0, 0.1) is 0 Å². The summed E-state index contributed by atoms with van der Waals surface area (Å²) in [5, 5.41) is 14.7. The molecule has 144 valence electrons. The second-order valence-electron chi connectivity index (χ2n) is 6.06. The number of aliphatic hydroxyl groups is 1. The van der Waals surface area contributed by atoms with Gasteiger partial charge in [0.05, 0.1) is 12.6 Å². The van der Waals surface area contributed by atoms with Crippen LogP contribution >= 0.6 is 0 Å². The molecule has 2 rings (SSSR count). The third-order valence-electron chi connectivity index (χ3n) is 4.18. The van der Waals surface area contributed by atoms with Gasteiger partial charge in [0.2, 0.25) is 5.91 Å². The van der Waals surface area contributed by atoms with Crippen molar-refractivity contribution in [2.45, 2.75) is 24.7 Å². The zero-order chi connectivity index (χ0) is 20.1. The Bertz CT molecular complexity index is 793. The maximum atomic E-state index is 14.2. The Balaban J connectivity index is 2.53. The van der Waals surface area contributed by atoms with Crippen molar-refractivity contribution in [1.29, 1.82) is 0 Å². The molecular formula is C20H21F3N2O2. The summed E-state index contributed by atoms with van der Waals surface area (Å²) in [7, 11) is 0. The minimum Gasteiger partial charge on any atom is -0.394 e. The minimum atomic E-state index is -4.74. The molecule has 3 N–H and O–H groups in total. The second-order valence-corrected chi connectivity index (χ2v) is 6.06. The molecule has 0 aliphatic carbocycles. The molecule has 4 nitrogen and oxygen atoms in total. The summed E-state index contributed by atoms with van der Waals surface area (Å²) in [6.07, 6.45) is -3.97. The van der Waals surface area contributed by atoms with E-state index in [0.717, 1.165) is 6.08 Å². The monoisotopic (exact) mass is 378 g/mol. The van der Waals surface area contributed by atoms with E-state index in [2.05, 4.69) is 17.2 Å². The summed E-state index contributed by atoms with van der Waals surface area (Å²) in [5.74, 6) is -0.395. The number of rotatable bonds is 7. The van der Waals surface area contributed by atoms with Crippen molar-refractivity contribution in [2.75, 3.05) is 11.9 Å². The Morgan fingerprint density at radius 3 is 2.37 bits per heavy atom. The van der Waals surface area contributed by atoms with Gasteiger partial charge in [-0.25, -0.2) is 0 Å². The van der Waals surface area contributed by atoms with E-state index in [1.54, 1.807) is 30.3 Å². The van der Waals surface area contributed by atoms with Gasteiger partial charge in [-0.3, -0.25) is 10.1 Å². The Kier molecular flexibility index (Phi) is 6.41. The van der Waals surface area contributed by atoms with Crippen molar-refractivity contribution in [3.05, 3.63) is 78.4 Å². The number of nitrogens with one attached hydrogen (secondary N) is 2. The number of hydrogen-bond donors (Lipinski definition) is 3. The van der Waals surface area contributed by atoms with Crippen molar-refractivity contribution < 1.29 is 23.1 Å². The fourth-order valence-corrected chi connectivity index (χ4v) is 2.86. The van der Waals surface area contributed by atoms with Gasteiger partial charge in [-0.15, -0.1) is 6.58 Å². The van der Waals surface area contributed by atoms with E-state index < -0.39 is 30.3 Å². The molecule has 0 aromatic heterocycles. The van der Waals surface area contributed by atoms with Crippen LogP contribution in [0.4, 0.5) is 18.9 Å². The van der Waals surface area contributed by atoms with Gasteiger partial charge in [-0.2, -0.15) is 13.2 Å². The molecular weight excluding hydrogens is 357 g/mol. The van der Waals surface area contributed by atoms with Gasteiger partial charge in [0.25, 0.3) is 0 Å². The number of hydrogen-bond acceptors (Lipinski definition) is 3. The Morgan fingerprint density at radius 2 is 1.85 bits per heavy atom. The molecule has 7 heteroatoms. The van der Waals surface area contributed by atoms with Crippen molar-refractivity contribution in [2.24, 2.45) is 0 Å². The summed E-state index contributed by atoms with van der Waals surface area (Å²) in [5.41, 5.74) is -2.03. The third kappa shape index (κ3) is 4.56. The average Bonchev–Trinajstić information content (AvgIpc) is 2.62. The predicted molar refractivity (Wildman–Crippen MR) is 98.1 cm³/mol. The van der Waals surface area contributed by atoms with E-state index in [4.69, 9.17) is 0 Å². The summed E-state index contributed by atoms with van der Waals surface area (Å²) >= 11 is 0. The maximum absolute atomic E-state index is 14.2. The van der Waals surface area contributed by atoms with E-state index >= 15 is 0 Å². The average molecular weight is 378 g/mol. The molecule has 2 aromatic rings. The SMILES string of the molecule is C=CC(NC(CO)c1ccccc1)(c1cccc(NC(C)=O)c1)C(F)(F)F. The first-order valence-electron chi connectivity index (χ1n) is 8.25. The summed E-state index contributed by atoms with van der Waals surface area (Å²) < 4.78 is 42.5. The summed E-state index contributed by atoms with van der Waals surface area (Å²) in [6.45, 7) is 4.13. The van der Waals surface area contributed by atoms with Crippen molar-refractivity contribution in [3.63, 3.8) is 0 Å². The van der Waals surface area contributed by atoms with Crippen molar-refractivity contribution in [3.8, 4) is 0 Å². The normalized spacial score (nSPS) is 14.9. The summed E-state index contributed by atoms with van der Waals surface area (Å²) in [4.78, 5) is 11.2. The van der Waals surface area contributed by atoms with Crippen LogP contribution in [0.25, 0.3) is 0 Å². The third-order valence-corrected chi connectivity index (χ3v) is 4.18. The van der Waals surface area contributed by atoms with E-state index in [0.29, 0.717) is 5.56 Å². The van der Waals surface area contributed by atoms with Gasteiger partial charge < -0.3 is 10.4 Å². The highest BCUT2D eigenvalue weighted by molar-refractivity contribution is 5.88. The Labute approximate surface area is 155 Å². The maximum Gasteiger partial charge on any atom is 0.414 e. The molecule has 2 unspecified atom stereocenters. The van der Waals surface area contributed by atoms with Gasteiger partial charge >= 0.3 is 6.18 Å². The van der Waals surface area contributed by atoms with Crippen LogP contribution in [0.3, 0.4) is 0 Å². The molecule has 0 aliphatic heterocycles. The number of anilines is 1. The Morgan fingerprint density at radius 1 is 1.19 bits per heavy atom. The van der Waals surface area contributed by atoms with Gasteiger partial charge in [0.15, 0.2) is 5.54 Å². The van der Waals surface area contributed by atoms with Crippen molar-refractivity contribution in [1.82, 2.24) is 5.32 Å². The first-order chi connectivity index (χ1) is 12.7. The van der Waals surface area contributed by atoms with E-state index in [-0.39, 0.29) is 11.3 Å². The van der Waals surface area contributed by atoms with Gasteiger partial charge in [-0.1, -0.05) is 48.5 Å². The molecule has 0 heterocycles. The van der Waals surface area contributed by atoms with E-state index in [1.807, 2.05) is 0 Å². The van der Waals surface area contributed by atoms with Crippen LogP contribution in [0.5, 0.6) is 0 Å². The lowest BCUT2D eigenvalue weighted by molar-refractivity contribution is -0.188. The second kappa shape index (κ2) is 8.37. The van der Waals surface area contributed by atoms with Gasteiger partial charge in [-0.05, 0) is 23.3 Å². The Hall–Kier alpha value is -2.64. The number of carbonyl (C=O) groups excluding carboxylic acids is 1. The van der Waals surface area contributed by atoms with Crippen LogP contribution in [-0.4, -0.2) is 23.8 Å². The first-order valence-corrected chi connectivity index (χ1v) is 8.25. The van der Waals surface area contributed by atoms with Crippen molar-refractivity contribution >= 4 is 11.6 Å². The molecule has 1 amide bonds. The van der Waals surface area contributed by atoms with Gasteiger partial charge in [0.1, 0.15) is 0 Å². The lowest BCUT2D eigenvalue weighted by atomic mass is 9.87. The lowest BCUT2D eigenvalue weighted by Crippen LogP contribution is -2.54. The predicted octanol–water partition coefficient (Wildman–Crippen LogP) is 3.91. The topological polar surface area (TPSA) is 61.4 Å². The molecule has 0 bridgehead atoms. The molecule has 0 saturated heterocycles. The van der Waals surface area contributed by atoms with E-state index in [1.165, 1.54) is 31.2 Å². The van der Waals surface area contributed by atoms with Crippen LogP contribution in [0.15, 0.2) is 67.3 Å². The quantitative estimate of drug-likeness (QED) is 0.640. The molecule has 0 saturated carbocycles. The number of aliphatic hydroxyl groups excluding tert-OH is 1. The molecule has 0 radical (unpaired) electrons. The highest BCUT2D eigenvalue weighted by Crippen LogP contribution is 2.42. The number of benzene rings is 2. The lowest BCUT2D eigenvalue weighted by Gasteiger charge is -2.37. The molecule has 2 atom stereocenters. The number of amides is 1. The van der Waals surface area contributed by atoms with Crippen LogP contribution in [-0.2, 0) is 10.3 Å². The zero-order valence-corrected chi connectivity index (χ0v) is 14.8. The van der Waals surface area contributed by atoms with Gasteiger partial charge in [0, 0.05) is 12.6 Å². The standard InChI is InChI=1S/C20H21F3N2O2/c1-3-19(20(21,22)23,16-10-7-11-17(12-16)24-14(2)27)25-18(13-26)15-8-5-4-6-9-15/h3-12,18,25-26H,1,13H2,2H3,(H,24,27). The highest BCUT2D eigenvalue weighted by Gasteiger charge is 2.55. The molecule has 0 aliphatic rings. The van der Waals surface area contributed by atoms with Crippen LogP contribution in [0.2, 0.25) is 0 Å². The van der Waals surface area contributed by atoms with Crippen LogP contribution < -0.4 is 10.6 Å². The minimum absolute atomic E-state index is 0.148. The van der Waals surface area contributed by atoms with Crippen LogP contribution in [0.1, 0.15) is 24.1 Å². The molecule has 27 heavy (non-hydrogen) atoms. The number of alkyl halides is 3. The molecule has 2 aromatic carbocycles. The largest absolute Gasteiger partial charge is 0.414 e. The fraction of sp³-hybridized carbons (Fsp3) is 0.250. The number of halogens is 3. The highest BCUT2D eigenvalue weighted by atomic mass is 19.4. The first kappa shape index (κ1) is 20.7. The smallest absolute Gasteiger partial charge is 0.394 e. The van der Waals surface area contributed by atoms with E-state index in [9.17, 15) is 23.1 Å². The molecule has 0 fully saturated rings. The zero-order valence-electron chi connectivity index (χ0n) is 14.8. The number of carbonyl (C=O) groups is 1.